The number of aromatic nitrogens is 4. The van der Waals surface area contributed by atoms with Crippen LogP contribution in [0.2, 0.25) is 0 Å². The molecule has 0 saturated carbocycles. The standard InChI is InChI=1S/C22H28N8O2/c1-14-11-29-12-16(19(32-4)27-20(29)25-14)26-21(31)30-9-6-15-17(5-7-23-18(15)30)28-10-8-24-22(2,3)13-28/h5,7,11-12,24H,6,8-10,13H2,1-4H3,(H,26,31). The Kier molecular flexibility index (Phi) is 4.89. The number of carbonyl (C=O) groups is 1. The Bertz CT molecular complexity index is 1190. The van der Waals surface area contributed by atoms with Crippen molar-refractivity contribution in [1.29, 1.82) is 0 Å². The summed E-state index contributed by atoms with van der Waals surface area (Å²) in [6.07, 6.45) is 6.18. The molecule has 168 valence electrons. The highest BCUT2D eigenvalue weighted by molar-refractivity contribution is 6.03. The van der Waals surface area contributed by atoms with Gasteiger partial charge in [-0.1, -0.05) is 0 Å². The number of hydrogen-bond acceptors (Lipinski definition) is 7. The average Bonchev–Trinajstić information content (AvgIpc) is 3.34. The third-order valence-electron chi connectivity index (χ3n) is 5.97. The Labute approximate surface area is 186 Å². The van der Waals surface area contributed by atoms with Gasteiger partial charge in [-0.25, -0.2) is 14.8 Å². The zero-order valence-electron chi connectivity index (χ0n) is 18.8. The molecule has 3 aromatic rings. The van der Waals surface area contributed by atoms with Crippen LogP contribution in [-0.2, 0) is 6.42 Å². The number of ether oxygens (including phenoxy) is 1. The molecule has 10 nitrogen and oxygen atoms in total. The van der Waals surface area contributed by atoms with Crippen molar-refractivity contribution in [2.45, 2.75) is 32.7 Å². The molecule has 5 rings (SSSR count). The second-order valence-electron chi connectivity index (χ2n) is 8.95. The molecule has 2 amide bonds. The molecule has 0 aromatic carbocycles. The van der Waals surface area contributed by atoms with Gasteiger partial charge in [0.25, 0.3) is 0 Å². The van der Waals surface area contributed by atoms with Crippen molar-refractivity contribution in [2.24, 2.45) is 0 Å². The number of urea groups is 1. The zero-order chi connectivity index (χ0) is 22.5. The summed E-state index contributed by atoms with van der Waals surface area (Å²) in [6, 6.07) is 1.80. The lowest BCUT2D eigenvalue weighted by Gasteiger charge is -2.41. The number of methoxy groups -OCH3 is 1. The molecule has 3 aromatic heterocycles. The minimum atomic E-state index is -0.259. The first-order valence-corrected chi connectivity index (χ1v) is 10.8. The quantitative estimate of drug-likeness (QED) is 0.649. The number of piperazine rings is 1. The van der Waals surface area contributed by atoms with Gasteiger partial charge in [-0.3, -0.25) is 9.30 Å². The minimum absolute atomic E-state index is 0.0396. The molecule has 5 heterocycles. The molecule has 1 fully saturated rings. The van der Waals surface area contributed by atoms with Crippen LogP contribution in [0.4, 0.5) is 22.0 Å². The summed E-state index contributed by atoms with van der Waals surface area (Å²) in [4.78, 5) is 30.6. The number of hydrogen-bond donors (Lipinski definition) is 2. The molecule has 0 radical (unpaired) electrons. The third kappa shape index (κ3) is 3.60. The van der Waals surface area contributed by atoms with Crippen molar-refractivity contribution < 1.29 is 9.53 Å². The topological polar surface area (TPSA) is 99.9 Å². The van der Waals surface area contributed by atoms with Gasteiger partial charge in [0.15, 0.2) is 0 Å². The van der Waals surface area contributed by atoms with Gasteiger partial charge in [-0.2, -0.15) is 4.98 Å². The average molecular weight is 437 g/mol. The molecule has 0 bridgehead atoms. The first-order chi connectivity index (χ1) is 15.3. The molecule has 0 spiro atoms. The number of fused-ring (bicyclic) bond motifs is 2. The van der Waals surface area contributed by atoms with E-state index in [9.17, 15) is 4.79 Å². The molecule has 2 aliphatic heterocycles. The van der Waals surface area contributed by atoms with Crippen LogP contribution in [0.15, 0.2) is 24.7 Å². The van der Waals surface area contributed by atoms with E-state index < -0.39 is 0 Å². The predicted octanol–water partition coefficient (Wildman–Crippen LogP) is 2.22. The number of amides is 2. The summed E-state index contributed by atoms with van der Waals surface area (Å²) in [5.41, 5.74) is 3.64. The van der Waals surface area contributed by atoms with Crippen molar-refractivity contribution in [1.82, 2.24) is 24.7 Å². The maximum absolute atomic E-state index is 13.2. The minimum Gasteiger partial charge on any atom is -0.479 e. The number of imidazole rings is 1. The monoisotopic (exact) mass is 436 g/mol. The van der Waals surface area contributed by atoms with Crippen LogP contribution in [0.1, 0.15) is 25.1 Å². The highest BCUT2D eigenvalue weighted by Crippen LogP contribution is 2.35. The number of carbonyl (C=O) groups excluding carboxylic acids is 1. The molecule has 10 heteroatoms. The molecule has 1 saturated heterocycles. The predicted molar refractivity (Wildman–Crippen MR) is 123 cm³/mol. The maximum atomic E-state index is 13.2. The number of anilines is 3. The Morgan fingerprint density at radius 3 is 2.88 bits per heavy atom. The van der Waals surface area contributed by atoms with Gasteiger partial charge in [0.2, 0.25) is 11.7 Å². The molecular weight excluding hydrogens is 408 g/mol. The van der Waals surface area contributed by atoms with Crippen LogP contribution in [0.5, 0.6) is 5.88 Å². The number of aryl methyl sites for hydroxylation is 1. The van der Waals surface area contributed by atoms with E-state index in [0.717, 1.165) is 43.0 Å². The second kappa shape index (κ2) is 7.63. The van der Waals surface area contributed by atoms with E-state index in [4.69, 9.17) is 4.74 Å². The van der Waals surface area contributed by atoms with Crippen molar-refractivity contribution in [2.75, 3.05) is 48.4 Å². The number of nitrogens with one attached hydrogen (secondary N) is 2. The summed E-state index contributed by atoms with van der Waals surface area (Å²) in [5.74, 6) is 1.55. The fourth-order valence-corrected chi connectivity index (χ4v) is 4.56. The molecule has 2 N–H and O–H groups in total. The fraction of sp³-hybridized carbons (Fsp3) is 0.455. The Hall–Kier alpha value is -3.40. The first-order valence-electron chi connectivity index (χ1n) is 10.8. The van der Waals surface area contributed by atoms with Gasteiger partial charge in [-0.05, 0) is 33.3 Å². The molecule has 0 aliphatic carbocycles. The number of pyridine rings is 1. The van der Waals surface area contributed by atoms with Crippen LogP contribution in [0.25, 0.3) is 5.78 Å². The summed E-state index contributed by atoms with van der Waals surface area (Å²) < 4.78 is 7.16. The lowest BCUT2D eigenvalue weighted by atomic mass is 10.0. The van der Waals surface area contributed by atoms with Crippen molar-refractivity contribution in [3.8, 4) is 5.88 Å². The van der Waals surface area contributed by atoms with E-state index in [1.165, 1.54) is 7.11 Å². The first kappa shape index (κ1) is 20.5. The Morgan fingerprint density at radius 1 is 1.25 bits per heavy atom. The van der Waals surface area contributed by atoms with Crippen LogP contribution >= 0.6 is 0 Å². The molecule has 32 heavy (non-hydrogen) atoms. The maximum Gasteiger partial charge on any atom is 0.327 e. The van der Waals surface area contributed by atoms with Gasteiger partial charge in [0.1, 0.15) is 11.5 Å². The lowest BCUT2D eigenvalue weighted by Crippen LogP contribution is -2.57. The van der Waals surface area contributed by atoms with Crippen LogP contribution < -0.4 is 25.2 Å². The lowest BCUT2D eigenvalue weighted by molar-refractivity contribution is 0.257. The van der Waals surface area contributed by atoms with Crippen molar-refractivity contribution in [3.63, 3.8) is 0 Å². The van der Waals surface area contributed by atoms with E-state index in [-0.39, 0.29) is 11.6 Å². The van der Waals surface area contributed by atoms with E-state index >= 15 is 0 Å². The van der Waals surface area contributed by atoms with Gasteiger partial charge in [-0.15, -0.1) is 0 Å². The molecule has 2 aliphatic rings. The summed E-state index contributed by atoms with van der Waals surface area (Å²) in [7, 11) is 1.53. The van der Waals surface area contributed by atoms with Crippen molar-refractivity contribution >= 4 is 29.0 Å². The second-order valence-corrected chi connectivity index (χ2v) is 8.95. The SMILES string of the molecule is COc1nc2nc(C)cn2cc1NC(=O)N1CCc2c(N3CCNC(C)(C)C3)ccnc21. The van der Waals surface area contributed by atoms with Gasteiger partial charge < -0.3 is 20.3 Å². The Morgan fingerprint density at radius 2 is 2.09 bits per heavy atom. The van der Waals surface area contributed by atoms with Crippen LogP contribution in [-0.4, -0.2) is 64.2 Å². The van der Waals surface area contributed by atoms with E-state index in [1.54, 1.807) is 21.7 Å². The highest BCUT2D eigenvalue weighted by Gasteiger charge is 2.33. The number of nitrogens with zero attached hydrogens (tertiary/aromatic N) is 6. The fourth-order valence-electron chi connectivity index (χ4n) is 4.56. The normalized spacial score (nSPS) is 17.5. The van der Waals surface area contributed by atoms with E-state index in [1.807, 2.05) is 13.1 Å². The van der Waals surface area contributed by atoms with Crippen molar-refractivity contribution in [3.05, 3.63) is 35.9 Å². The van der Waals surface area contributed by atoms with Gasteiger partial charge in [0, 0.05) is 61.6 Å². The number of rotatable bonds is 3. The van der Waals surface area contributed by atoms with Gasteiger partial charge in [0.05, 0.1) is 12.8 Å². The molecule has 0 unspecified atom stereocenters. The third-order valence-corrected chi connectivity index (χ3v) is 5.97. The summed E-state index contributed by atoms with van der Waals surface area (Å²) in [5, 5.41) is 6.49. The summed E-state index contributed by atoms with van der Waals surface area (Å²) in [6.45, 7) is 9.65. The highest BCUT2D eigenvalue weighted by atomic mass is 16.5. The largest absolute Gasteiger partial charge is 0.479 e. The smallest absolute Gasteiger partial charge is 0.327 e. The van der Waals surface area contributed by atoms with E-state index in [0.29, 0.717) is 29.7 Å². The van der Waals surface area contributed by atoms with Gasteiger partial charge >= 0.3 is 6.03 Å². The van der Waals surface area contributed by atoms with Crippen LogP contribution in [0, 0.1) is 6.92 Å². The Balaban J connectivity index is 1.41. The summed E-state index contributed by atoms with van der Waals surface area (Å²) >= 11 is 0. The van der Waals surface area contributed by atoms with E-state index in [2.05, 4.69) is 50.4 Å². The zero-order valence-corrected chi connectivity index (χ0v) is 18.8. The van der Waals surface area contributed by atoms with Crippen LogP contribution in [0.3, 0.4) is 0 Å². The molecule has 0 atom stereocenters. The molecular formula is C22H28N8O2.